The zero-order valence-corrected chi connectivity index (χ0v) is 10.3. The highest BCUT2D eigenvalue weighted by Gasteiger charge is 2.36. The van der Waals surface area contributed by atoms with E-state index in [9.17, 15) is 4.79 Å². The first-order valence-electron chi connectivity index (χ1n) is 5.86. The molecule has 2 unspecified atom stereocenters. The van der Waals surface area contributed by atoms with Gasteiger partial charge in [-0.05, 0) is 26.1 Å². The quantitative estimate of drug-likeness (QED) is 0.819. The second-order valence-corrected chi connectivity index (χ2v) is 4.59. The average molecular weight is 237 g/mol. The minimum Gasteiger partial charge on any atom is -0.467 e. The molecule has 0 aliphatic carbocycles. The monoisotopic (exact) mass is 237 g/mol. The highest BCUT2D eigenvalue weighted by Crippen LogP contribution is 2.18. The van der Waals surface area contributed by atoms with E-state index in [-0.39, 0.29) is 18.0 Å². The van der Waals surface area contributed by atoms with Crippen molar-refractivity contribution in [2.24, 2.45) is 5.73 Å². The van der Waals surface area contributed by atoms with Crippen molar-refractivity contribution < 1.29 is 9.21 Å². The molecule has 0 spiro atoms. The molecule has 2 atom stereocenters. The van der Waals surface area contributed by atoms with Gasteiger partial charge in [0.1, 0.15) is 11.8 Å². The normalized spacial score (nSPS) is 26.5. The molecule has 94 valence electrons. The van der Waals surface area contributed by atoms with Gasteiger partial charge >= 0.3 is 0 Å². The third-order valence-electron chi connectivity index (χ3n) is 3.31. The molecule has 1 aromatic rings. The largest absolute Gasteiger partial charge is 0.467 e. The molecule has 0 aromatic carbocycles. The van der Waals surface area contributed by atoms with Gasteiger partial charge in [-0.3, -0.25) is 9.69 Å². The fraction of sp³-hybridized carbons (Fsp3) is 0.583. The Labute approximate surface area is 101 Å². The first-order chi connectivity index (χ1) is 8.13. The Kier molecular flexibility index (Phi) is 3.49. The third kappa shape index (κ3) is 2.35. The van der Waals surface area contributed by atoms with Crippen LogP contribution in [0.5, 0.6) is 0 Å². The van der Waals surface area contributed by atoms with Crippen molar-refractivity contribution in [1.82, 2.24) is 9.80 Å². The van der Waals surface area contributed by atoms with Crippen molar-refractivity contribution in [1.29, 1.82) is 0 Å². The standard InChI is InChI=1S/C12H19N3O2/c1-9-7-14(2)11(6-13)12(16)15(9)8-10-4-3-5-17-10/h3-5,9,11H,6-8,13H2,1-2H3. The second-order valence-electron chi connectivity index (χ2n) is 4.59. The first kappa shape index (κ1) is 12.1. The number of nitrogens with two attached hydrogens (primary N) is 1. The minimum atomic E-state index is -0.207. The maximum atomic E-state index is 12.3. The number of carbonyl (C=O) groups excluding carboxylic acids is 1. The number of amides is 1. The third-order valence-corrected chi connectivity index (χ3v) is 3.31. The van der Waals surface area contributed by atoms with Crippen molar-refractivity contribution in [3.8, 4) is 0 Å². The number of hydrogen-bond donors (Lipinski definition) is 1. The number of piperazine rings is 1. The molecule has 2 heterocycles. The molecule has 5 nitrogen and oxygen atoms in total. The van der Waals surface area contributed by atoms with Crippen LogP contribution in [0.3, 0.4) is 0 Å². The van der Waals surface area contributed by atoms with Crippen LogP contribution < -0.4 is 5.73 Å². The Balaban J connectivity index is 2.12. The Morgan fingerprint density at radius 3 is 2.94 bits per heavy atom. The summed E-state index contributed by atoms with van der Waals surface area (Å²) in [5.74, 6) is 0.899. The summed E-state index contributed by atoms with van der Waals surface area (Å²) in [7, 11) is 1.94. The number of nitrogens with zero attached hydrogens (tertiary/aromatic N) is 2. The van der Waals surface area contributed by atoms with Gasteiger partial charge in [0.15, 0.2) is 0 Å². The molecule has 1 aliphatic rings. The lowest BCUT2D eigenvalue weighted by atomic mass is 10.1. The molecular formula is C12H19N3O2. The molecule has 17 heavy (non-hydrogen) atoms. The number of rotatable bonds is 3. The second kappa shape index (κ2) is 4.89. The van der Waals surface area contributed by atoms with E-state index in [2.05, 4.69) is 0 Å². The summed E-state index contributed by atoms with van der Waals surface area (Å²) in [5, 5.41) is 0. The van der Waals surface area contributed by atoms with Crippen LogP contribution in [-0.2, 0) is 11.3 Å². The van der Waals surface area contributed by atoms with E-state index in [1.807, 2.05) is 35.9 Å². The molecule has 1 amide bonds. The summed E-state index contributed by atoms with van der Waals surface area (Å²) in [6, 6.07) is 3.69. The molecule has 1 aromatic heterocycles. The molecule has 2 rings (SSSR count). The fourth-order valence-corrected chi connectivity index (χ4v) is 2.32. The number of hydrogen-bond acceptors (Lipinski definition) is 4. The Hall–Kier alpha value is -1.33. The zero-order chi connectivity index (χ0) is 12.4. The smallest absolute Gasteiger partial charge is 0.241 e. The molecular weight excluding hydrogens is 218 g/mol. The summed E-state index contributed by atoms with van der Waals surface area (Å²) >= 11 is 0. The highest BCUT2D eigenvalue weighted by molar-refractivity contribution is 5.83. The summed E-state index contributed by atoms with van der Waals surface area (Å²) in [6.45, 7) is 3.77. The van der Waals surface area contributed by atoms with E-state index >= 15 is 0 Å². The van der Waals surface area contributed by atoms with Crippen molar-refractivity contribution in [2.45, 2.75) is 25.6 Å². The highest BCUT2D eigenvalue weighted by atomic mass is 16.3. The van der Waals surface area contributed by atoms with Crippen LogP contribution in [0.15, 0.2) is 22.8 Å². The fourth-order valence-electron chi connectivity index (χ4n) is 2.32. The van der Waals surface area contributed by atoms with Crippen LogP contribution >= 0.6 is 0 Å². The van der Waals surface area contributed by atoms with Gasteiger partial charge in [-0.2, -0.15) is 0 Å². The van der Waals surface area contributed by atoms with Crippen molar-refractivity contribution in [3.63, 3.8) is 0 Å². The SMILES string of the molecule is CC1CN(C)C(CN)C(=O)N1Cc1ccco1. The van der Waals surface area contributed by atoms with Gasteiger partial charge in [0, 0.05) is 19.1 Å². The lowest BCUT2D eigenvalue weighted by Gasteiger charge is -2.42. The molecule has 0 saturated carbocycles. The maximum absolute atomic E-state index is 12.3. The summed E-state index contributed by atoms with van der Waals surface area (Å²) in [5.41, 5.74) is 5.65. The Morgan fingerprint density at radius 2 is 2.35 bits per heavy atom. The zero-order valence-electron chi connectivity index (χ0n) is 10.3. The van der Waals surface area contributed by atoms with E-state index < -0.39 is 0 Å². The summed E-state index contributed by atoms with van der Waals surface area (Å²) in [6.07, 6.45) is 1.63. The van der Waals surface area contributed by atoms with Crippen LogP contribution in [0.2, 0.25) is 0 Å². The van der Waals surface area contributed by atoms with Crippen LogP contribution in [0.25, 0.3) is 0 Å². The van der Waals surface area contributed by atoms with Crippen LogP contribution in [-0.4, -0.2) is 47.9 Å². The summed E-state index contributed by atoms with van der Waals surface area (Å²) < 4.78 is 5.29. The molecule has 1 aliphatic heterocycles. The van der Waals surface area contributed by atoms with E-state index in [4.69, 9.17) is 10.2 Å². The van der Waals surface area contributed by atoms with Gasteiger partial charge in [-0.25, -0.2) is 0 Å². The molecule has 5 heteroatoms. The van der Waals surface area contributed by atoms with Gasteiger partial charge in [-0.1, -0.05) is 0 Å². The molecule has 1 saturated heterocycles. The number of furan rings is 1. The van der Waals surface area contributed by atoms with E-state index in [0.717, 1.165) is 12.3 Å². The van der Waals surface area contributed by atoms with Crippen molar-refractivity contribution in [3.05, 3.63) is 24.2 Å². The molecule has 0 bridgehead atoms. The van der Waals surface area contributed by atoms with Crippen LogP contribution in [0.1, 0.15) is 12.7 Å². The maximum Gasteiger partial charge on any atom is 0.241 e. The Morgan fingerprint density at radius 1 is 1.59 bits per heavy atom. The van der Waals surface area contributed by atoms with Crippen LogP contribution in [0.4, 0.5) is 0 Å². The molecule has 0 radical (unpaired) electrons. The van der Waals surface area contributed by atoms with E-state index in [1.54, 1.807) is 6.26 Å². The predicted molar refractivity (Wildman–Crippen MR) is 64.2 cm³/mol. The predicted octanol–water partition coefficient (Wildman–Crippen LogP) is 0.269. The number of likely N-dealkylation sites (N-methyl/N-ethyl adjacent to an activating group) is 1. The van der Waals surface area contributed by atoms with Gasteiger partial charge in [-0.15, -0.1) is 0 Å². The van der Waals surface area contributed by atoms with Gasteiger partial charge in [0.25, 0.3) is 0 Å². The molecule has 2 N–H and O–H groups in total. The van der Waals surface area contributed by atoms with Crippen molar-refractivity contribution >= 4 is 5.91 Å². The number of carbonyl (C=O) groups is 1. The van der Waals surface area contributed by atoms with Gasteiger partial charge < -0.3 is 15.1 Å². The van der Waals surface area contributed by atoms with Crippen LogP contribution in [0, 0.1) is 0 Å². The van der Waals surface area contributed by atoms with Crippen molar-refractivity contribution in [2.75, 3.05) is 20.1 Å². The Bertz CT molecular complexity index is 377. The van der Waals surface area contributed by atoms with E-state index in [0.29, 0.717) is 13.1 Å². The topological polar surface area (TPSA) is 62.7 Å². The first-order valence-corrected chi connectivity index (χ1v) is 5.86. The van der Waals surface area contributed by atoms with E-state index in [1.165, 1.54) is 0 Å². The molecule has 1 fully saturated rings. The lowest BCUT2D eigenvalue weighted by molar-refractivity contribution is -0.145. The minimum absolute atomic E-state index is 0.0881. The summed E-state index contributed by atoms with van der Waals surface area (Å²) in [4.78, 5) is 16.1. The van der Waals surface area contributed by atoms with Gasteiger partial charge in [0.2, 0.25) is 5.91 Å². The average Bonchev–Trinajstić information content (AvgIpc) is 2.77. The lowest BCUT2D eigenvalue weighted by Crippen LogP contribution is -2.61. The van der Waals surface area contributed by atoms with Gasteiger partial charge in [0.05, 0.1) is 12.8 Å².